The van der Waals surface area contributed by atoms with E-state index in [-0.39, 0.29) is 12.3 Å². The first-order chi connectivity index (χ1) is 14.2. The largest absolute Gasteiger partial charge is 0.464 e. The predicted molar refractivity (Wildman–Crippen MR) is 105 cm³/mol. The van der Waals surface area contributed by atoms with Gasteiger partial charge in [-0.3, -0.25) is 0 Å². The van der Waals surface area contributed by atoms with E-state index >= 15 is 0 Å². The maximum Gasteiger partial charge on any atom is 0.416 e. The zero-order valence-corrected chi connectivity index (χ0v) is 16.9. The summed E-state index contributed by atoms with van der Waals surface area (Å²) in [5, 5.41) is 15.7. The normalized spacial score (nSPS) is 12.4. The van der Waals surface area contributed by atoms with Crippen LogP contribution >= 0.6 is 0 Å². The second kappa shape index (κ2) is 8.76. The Balaban J connectivity index is 1.79. The highest BCUT2D eigenvalue weighted by atomic mass is 16.6. The number of amides is 1. The minimum absolute atomic E-state index is 0.145. The van der Waals surface area contributed by atoms with Gasteiger partial charge >= 0.3 is 12.2 Å². The van der Waals surface area contributed by atoms with E-state index in [0.29, 0.717) is 17.9 Å². The molecule has 3 rings (SSSR count). The first-order valence-electron chi connectivity index (χ1n) is 9.32. The Bertz CT molecular complexity index is 1010. The van der Waals surface area contributed by atoms with Gasteiger partial charge in [0, 0.05) is 19.0 Å². The minimum atomic E-state index is -1.16. The summed E-state index contributed by atoms with van der Waals surface area (Å²) >= 11 is 0. The molecule has 1 atom stereocenters. The van der Waals surface area contributed by atoms with Gasteiger partial charge in [0.25, 0.3) is 0 Å². The number of benzene rings is 1. The molecule has 1 aromatic carbocycles. The Morgan fingerprint density at radius 1 is 1.27 bits per heavy atom. The summed E-state index contributed by atoms with van der Waals surface area (Å²) in [6.45, 7) is 5.25. The number of imidazole rings is 1. The molecule has 0 aliphatic rings. The number of carbonyl (C=O) groups is 2. The molecule has 2 N–H and O–H groups in total. The Labute approximate surface area is 172 Å². The van der Waals surface area contributed by atoms with Crippen molar-refractivity contribution in [3.63, 3.8) is 0 Å². The summed E-state index contributed by atoms with van der Waals surface area (Å²) in [7, 11) is 0. The topological polar surface area (TPSA) is 132 Å². The molecule has 30 heavy (non-hydrogen) atoms. The maximum absolute atomic E-state index is 12.3. The van der Waals surface area contributed by atoms with E-state index in [1.165, 1.54) is 12.5 Å². The highest BCUT2D eigenvalue weighted by Gasteiger charge is 2.26. The van der Waals surface area contributed by atoms with Gasteiger partial charge in [0.05, 0.1) is 5.69 Å². The van der Waals surface area contributed by atoms with Crippen molar-refractivity contribution in [2.24, 2.45) is 0 Å². The van der Waals surface area contributed by atoms with Gasteiger partial charge in [0.2, 0.25) is 5.89 Å². The molecular formula is C20H23N5O5. The number of aromatic nitrogens is 4. The van der Waals surface area contributed by atoms with Gasteiger partial charge in [0.1, 0.15) is 18.0 Å². The van der Waals surface area contributed by atoms with Gasteiger partial charge in [-0.15, -0.1) is 0 Å². The number of nitrogens with zero attached hydrogens (tertiary/aromatic N) is 4. The van der Waals surface area contributed by atoms with Gasteiger partial charge in [0.15, 0.2) is 5.82 Å². The van der Waals surface area contributed by atoms with Crippen molar-refractivity contribution in [2.45, 2.75) is 45.3 Å². The molecule has 0 aliphatic heterocycles. The molecule has 0 spiro atoms. The van der Waals surface area contributed by atoms with Crippen molar-refractivity contribution in [3.8, 4) is 0 Å². The zero-order chi connectivity index (χ0) is 21.7. The van der Waals surface area contributed by atoms with Crippen molar-refractivity contribution in [1.29, 1.82) is 0 Å². The highest BCUT2D eigenvalue weighted by Crippen LogP contribution is 2.19. The van der Waals surface area contributed by atoms with E-state index in [1.54, 1.807) is 20.8 Å². The van der Waals surface area contributed by atoms with Crippen molar-refractivity contribution >= 4 is 12.2 Å². The molecule has 2 heterocycles. The molecule has 0 saturated carbocycles. The van der Waals surface area contributed by atoms with Crippen molar-refractivity contribution < 1.29 is 24.0 Å². The standard InChI is InChI=1S/C20H23N5O5/c1-20(2,3)29-18(26)22-15(10-14-11-25(12-21-14)19(27)28)17-23-16(24-30-17)9-13-7-5-4-6-8-13/h4-8,11-12,15H,9-10H2,1-3H3,(H,22,26)(H,27,28). The molecule has 0 radical (unpaired) electrons. The molecule has 1 unspecified atom stereocenters. The van der Waals surface area contributed by atoms with E-state index < -0.39 is 23.8 Å². The van der Waals surface area contributed by atoms with Gasteiger partial charge in [-0.25, -0.2) is 19.1 Å². The third-order valence-corrected chi connectivity index (χ3v) is 3.95. The third-order valence-electron chi connectivity index (χ3n) is 3.95. The third kappa shape index (κ3) is 5.90. The number of nitrogens with one attached hydrogen (secondary N) is 1. The van der Waals surface area contributed by atoms with E-state index in [4.69, 9.17) is 14.4 Å². The van der Waals surface area contributed by atoms with Crippen LogP contribution in [0.4, 0.5) is 9.59 Å². The number of ether oxygens (including phenoxy) is 1. The van der Waals surface area contributed by atoms with E-state index in [2.05, 4.69) is 20.4 Å². The fourth-order valence-corrected chi connectivity index (χ4v) is 2.69. The first-order valence-corrected chi connectivity index (χ1v) is 9.32. The van der Waals surface area contributed by atoms with Crippen LogP contribution in [0.15, 0.2) is 47.4 Å². The lowest BCUT2D eigenvalue weighted by molar-refractivity contribution is 0.0493. The van der Waals surface area contributed by atoms with Crippen LogP contribution in [-0.2, 0) is 17.6 Å². The van der Waals surface area contributed by atoms with Crippen molar-refractivity contribution in [3.05, 3.63) is 65.8 Å². The van der Waals surface area contributed by atoms with Crippen LogP contribution in [0, 0.1) is 0 Å². The quantitative estimate of drug-likeness (QED) is 0.629. The Morgan fingerprint density at radius 3 is 2.63 bits per heavy atom. The van der Waals surface area contributed by atoms with Crippen LogP contribution in [0.5, 0.6) is 0 Å². The van der Waals surface area contributed by atoms with Crippen LogP contribution in [0.25, 0.3) is 0 Å². The number of alkyl carbamates (subject to hydrolysis) is 1. The first kappa shape index (κ1) is 21.0. The number of rotatable bonds is 6. The number of hydrogen-bond donors (Lipinski definition) is 2. The summed E-state index contributed by atoms with van der Waals surface area (Å²) in [4.78, 5) is 31.8. The number of carbonyl (C=O) groups excluding carboxylic acids is 1. The van der Waals surface area contributed by atoms with Gasteiger partial charge in [-0.2, -0.15) is 4.98 Å². The molecule has 158 valence electrons. The Kier molecular flexibility index (Phi) is 6.14. The molecule has 2 aromatic heterocycles. The molecule has 0 fully saturated rings. The van der Waals surface area contributed by atoms with Crippen LogP contribution in [0.3, 0.4) is 0 Å². The smallest absolute Gasteiger partial charge is 0.416 e. The molecule has 0 aliphatic carbocycles. The lowest BCUT2D eigenvalue weighted by atomic mass is 10.1. The monoisotopic (exact) mass is 413 g/mol. The van der Waals surface area contributed by atoms with Crippen LogP contribution in [0.1, 0.15) is 49.8 Å². The fraction of sp³-hybridized carbons (Fsp3) is 0.350. The molecule has 1 amide bonds. The van der Waals surface area contributed by atoms with Gasteiger partial charge < -0.3 is 19.7 Å². The van der Waals surface area contributed by atoms with Crippen LogP contribution in [-0.4, -0.2) is 42.6 Å². The molecule has 3 aromatic rings. The Morgan fingerprint density at radius 2 is 2.00 bits per heavy atom. The lowest BCUT2D eigenvalue weighted by Gasteiger charge is -2.21. The fourth-order valence-electron chi connectivity index (χ4n) is 2.69. The van der Waals surface area contributed by atoms with Crippen molar-refractivity contribution in [1.82, 2.24) is 25.0 Å². The zero-order valence-electron chi connectivity index (χ0n) is 16.9. The summed E-state index contributed by atoms with van der Waals surface area (Å²) in [6, 6.07) is 8.91. The molecule has 0 saturated heterocycles. The summed E-state index contributed by atoms with van der Waals surface area (Å²) in [5.41, 5.74) is 0.760. The van der Waals surface area contributed by atoms with E-state index in [9.17, 15) is 9.59 Å². The second-order valence-electron chi connectivity index (χ2n) is 7.67. The molecular weight excluding hydrogens is 390 g/mol. The lowest BCUT2D eigenvalue weighted by Crippen LogP contribution is -2.36. The molecule has 10 heteroatoms. The highest BCUT2D eigenvalue weighted by molar-refractivity contribution is 5.68. The van der Waals surface area contributed by atoms with Crippen LogP contribution < -0.4 is 5.32 Å². The predicted octanol–water partition coefficient (Wildman–Crippen LogP) is 3.19. The average molecular weight is 413 g/mol. The van der Waals surface area contributed by atoms with E-state index in [0.717, 1.165) is 10.1 Å². The Hall–Kier alpha value is -3.69. The summed E-state index contributed by atoms with van der Waals surface area (Å²) < 4.78 is 11.6. The minimum Gasteiger partial charge on any atom is -0.464 e. The SMILES string of the molecule is CC(C)(C)OC(=O)NC(Cc1cn(C(=O)O)cn1)c1nc(Cc2ccccc2)no1. The van der Waals surface area contributed by atoms with Gasteiger partial charge in [-0.05, 0) is 26.3 Å². The van der Waals surface area contributed by atoms with Gasteiger partial charge in [-0.1, -0.05) is 35.5 Å². The van der Waals surface area contributed by atoms with Crippen molar-refractivity contribution in [2.75, 3.05) is 0 Å². The number of hydrogen-bond acceptors (Lipinski definition) is 7. The van der Waals surface area contributed by atoms with E-state index in [1.807, 2.05) is 30.3 Å². The average Bonchev–Trinajstić information content (AvgIpc) is 3.30. The van der Waals surface area contributed by atoms with Crippen LogP contribution in [0.2, 0.25) is 0 Å². The number of carboxylic acid groups (broad SMARTS) is 1. The molecule has 0 bridgehead atoms. The molecule has 10 nitrogen and oxygen atoms in total. The summed E-state index contributed by atoms with van der Waals surface area (Å²) in [6.07, 6.45) is 1.33. The summed E-state index contributed by atoms with van der Waals surface area (Å²) in [5.74, 6) is 0.639. The second-order valence-corrected chi connectivity index (χ2v) is 7.67. The maximum atomic E-state index is 12.3.